The van der Waals surface area contributed by atoms with E-state index in [4.69, 9.17) is 4.74 Å². The van der Waals surface area contributed by atoms with E-state index >= 15 is 0 Å². The Balaban J connectivity index is 2.18. The minimum Gasteiger partial charge on any atom is -0.464 e. The highest BCUT2D eigenvalue weighted by molar-refractivity contribution is 9.10. The molecule has 4 heteroatoms. The van der Waals surface area contributed by atoms with E-state index in [1.165, 1.54) is 0 Å². The topological polar surface area (TPSA) is 38.3 Å². The van der Waals surface area contributed by atoms with E-state index in [-0.39, 0.29) is 5.97 Å². The van der Waals surface area contributed by atoms with Crippen LogP contribution in [0.25, 0.3) is 0 Å². The molecule has 0 aliphatic heterocycles. The van der Waals surface area contributed by atoms with Gasteiger partial charge in [-0.3, -0.25) is 0 Å². The molecule has 0 aromatic heterocycles. The van der Waals surface area contributed by atoms with Gasteiger partial charge in [-0.05, 0) is 38.0 Å². The molecule has 98 valence electrons. The lowest BCUT2D eigenvalue weighted by Gasteiger charge is -2.29. The van der Waals surface area contributed by atoms with Gasteiger partial charge in [0.2, 0.25) is 0 Å². The third-order valence-corrected chi connectivity index (χ3v) is 3.82. The van der Waals surface area contributed by atoms with Gasteiger partial charge in [-0.2, -0.15) is 0 Å². The Bertz CT molecular complexity index is 428. The van der Waals surface area contributed by atoms with Gasteiger partial charge in [0.1, 0.15) is 5.54 Å². The molecular formula is C14H18BrNO2. The Labute approximate surface area is 116 Å². The molecular weight excluding hydrogens is 294 g/mol. The van der Waals surface area contributed by atoms with E-state index in [9.17, 15) is 4.79 Å². The number of nitrogens with one attached hydrogen (secondary N) is 1. The van der Waals surface area contributed by atoms with E-state index in [0.29, 0.717) is 6.61 Å². The van der Waals surface area contributed by atoms with Crippen LogP contribution in [0.5, 0.6) is 0 Å². The quantitative estimate of drug-likeness (QED) is 0.861. The molecule has 1 aliphatic rings. The van der Waals surface area contributed by atoms with Crippen molar-refractivity contribution in [2.75, 3.05) is 11.9 Å². The van der Waals surface area contributed by atoms with E-state index in [0.717, 1.165) is 35.8 Å². The number of carbonyl (C=O) groups excluding carboxylic acids is 1. The van der Waals surface area contributed by atoms with Crippen molar-refractivity contribution in [1.29, 1.82) is 0 Å². The summed E-state index contributed by atoms with van der Waals surface area (Å²) in [5.41, 5.74) is 0.427. The zero-order valence-electron chi connectivity index (χ0n) is 10.5. The van der Waals surface area contributed by atoms with Crippen LogP contribution in [0, 0.1) is 0 Å². The molecule has 1 saturated carbocycles. The van der Waals surface area contributed by atoms with Gasteiger partial charge in [0.05, 0.1) is 6.61 Å². The molecule has 1 N–H and O–H groups in total. The zero-order chi connectivity index (χ0) is 13.0. The Hall–Kier alpha value is -1.03. The van der Waals surface area contributed by atoms with Crippen LogP contribution in [0.2, 0.25) is 0 Å². The van der Waals surface area contributed by atoms with Crippen molar-refractivity contribution in [3.63, 3.8) is 0 Å². The van der Waals surface area contributed by atoms with Crippen molar-refractivity contribution in [2.24, 2.45) is 0 Å². The lowest BCUT2D eigenvalue weighted by Crippen LogP contribution is -2.45. The Morgan fingerprint density at radius 1 is 1.44 bits per heavy atom. The van der Waals surface area contributed by atoms with Crippen LogP contribution in [0.3, 0.4) is 0 Å². The summed E-state index contributed by atoms with van der Waals surface area (Å²) in [7, 11) is 0. The molecule has 2 rings (SSSR count). The third-order valence-electron chi connectivity index (χ3n) is 3.33. The van der Waals surface area contributed by atoms with E-state index in [1.807, 2.05) is 31.2 Å². The first kappa shape index (κ1) is 13.4. The normalized spacial score (nSPS) is 17.4. The molecule has 1 aliphatic carbocycles. The van der Waals surface area contributed by atoms with E-state index in [2.05, 4.69) is 21.2 Å². The highest BCUT2D eigenvalue weighted by Crippen LogP contribution is 2.34. The van der Waals surface area contributed by atoms with Crippen LogP contribution in [0.1, 0.15) is 32.6 Å². The van der Waals surface area contributed by atoms with Gasteiger partial charge in [0.15, 0.2) is 0 Å². The highest BCUT2D eigenvalue weighted by atomic mass is 79.9. The fraction of sp³-hybridized carbons (Fsp3) is 0.500. The first-order valence-corrected chi connectivity index (χ1v) is 7.16. The lowest BCUT2D eigenvalue weighted by molar-refractivity contribution is -0.148. The van der Waals surface area contributed by atoms with Crippen molar-refractivity contribution in [3.8, 4) is 0 Å². The fourth-order valence-electron chi connectivity index (χ4n) is 2.47. The molecule has 0 heterocycles. The van der Waals surface area contributed by atoms with Gasteiger partial charge < -0.3 is 10.1 Å². The van der Waals surface area contributed by atoms with Crippen LogP contribution >= 0.6 is 15.9 Å². The summed E-state index contributed by atoms with van der Waals surface area (Å²) in [6, 6.07) is 7.89. The average molecular weight is 312 g/mol. The van der Waals surface area contributed by atoms with E-state index < -0.39 is 5.54 Å². The highest BCUT2D eigenvalue weighted by Gasteiger charge is 2.42. The lowest BCUT2D eigenvalue weighted by atomic mass is 9.97. The zero-order valence-corrected chi connectivity index (χ0v) is 12.1. The molecule has 18 heavy (non-hydrogen) atoms. The minimum absolute atomic E-state index is 0.123. The number of benzene rings is 1. The Kier molecular flexibility index (Phi) is 4.27. The van der Waals surface area contributed by atoms with Gasteiger partial charge in [0.25, 0.3) is 0 Å². The number of esters is 1. The molecule has 3 nitrogen and oxygen atoms in total. The van der Waals surface area contributed by atoms with Crippen LogP contribution in [0.15, 0.2) is 28.7 Å². The Morgan fingerprint density at radius 3 is 2.78 bits per heavy atom. The van der Waals surface area contributed by atoms with Crippen molar-refractivity contribution >= 4 is 27.6 Å². The van der Waals surface area contributed by atoms with Crippen LogP contribution in [0.4, 0.5) is 5.69 Å². The fourth-order valence-corrected chi connectivity index (χ4v) is 2.87. The first-order chi connectivity index (χ1) is 8.66. The molecule has 0 amide bonds. The number of hydrogen-bond acceptors (Lipinski definition) is 3. The largest absolute Gasteiger partial charge is 0.464 e. The summed E-state index contributed by atoms with van der Waals surface area (Å²) in [6.07, 6.45) is 3.83. The maximum Gasteiger partial charge on any atom is 0.331 e. The predicted octanol–water partition coefficient (Wildman–Crippen LogP) is 3.74. The number of ether oxygens (including phenoxy) is 1. The maximum absolute atomic E-state index is 12.2. The van der Waals surface area contributed by atoms with Gasteiger partial charge in [-0.25, -0.2) is 4.79 Å². The molecule has 0 atom stereocenters. The number of halogens is 1. The molecule has 0 radical (unpaired) electrons. The van der Waals surface area contributed by atoms with Crippen molar-refractivity contribution in [3.05, 3.63) is 28.7 Å². The maximum atomic E-state index is 12.2. The van der Waals surface area contributed by atoms with Crippen LogP contribution in [-0.4, -0.2) is 18.1 Å². The number of carbonyl (C=O) groups is 1. The summed E-state index contributed by atoms with van der Waals surface area (Å²) in [4.78, 5) is 12.2. The second-order valence-corrected chi connectivity index (χ2v) is 5.56. The SMILES string of the molecule is CCOC(=O)C1(Nc2cccc(Br)c2)CCCC1. The summed E-state index contributed by atoms with van der Waals surface area (Å²) in [5, 5.41) is 3.38. The first-order valence-electron chi connectivity index (χ1n) is 6.37. The monoisotopic (exact) mass is 311 g/mol. The number of rotatable bonds is 4. The predicted molar refractivity (Wildman–Crippen MR) is 75.6 cm³/mol. The van der Waals surface area contributed by atoms with Crippen LogP contribution in [-0.2, 0) is 9.53 Å². The number of anilines is 1. The molecule has 1 fully saturated rings. The van der Waals surface area contributed by atoms with Gasteiger partial charge in [0, 0.05) is 10.2 Å². The molecule has 1 aromatic rings. The second-order valence-electron chi connectivity index (χ2n) is 4.65. The summed E-state index contributed by atoms with van der Waals surface area (Å²) in [5.74, 6) is -0.123. The second kappa shape index (κ2) is 5.74. The van der Waals surface area contributed by atoms with Gasteiger partial charge in [-0.1, -0.05) is 34.8 Å². The molecule has 0 unspecified atom stereocenters. The van der Waals surface area contributed by atoms with Crippen molar-refractivity contribution < 1.29 is 9.53 Å². The third kappa shape index (κ3) is 2.86. The standard InChI is InChI=1S/C14H18BrNO2/c1-2-18-13(17)14(8-3-4-9-14)16-12-7-5-6-11(15)10-12/h5-7,10,16H,2-4,8-9H2,1H3. The minimum atomic E-state index is -0.531. The Morgan fingerprint density at radius 2 is 2.17 bits per heavy atom. The van der Waals surface area contributed by atoms with Crippen molar-refractivity contribution in [1.82, 2.24) is 0 Å². The molecule has 1 aromatic carbocycles. The average Bonchev–Trinajstić information content (AvgIpc) is 2.79. The van der Waals surface area contributed by atoms with Gasteiger partial charge >= 0.3 is 5.97 Å². The van der Waals surface area contributed by atoms with E-state index in [1.54, 1.807) is 0 Å². The number of hydrogen-bond donors (Lipinski definition) is 1. The van der Waals surface area contributed by atoms with Crippen LogP contribution < -0.4 is 5.32 Å². The summed E-state index contributed by atoms with van der Waals surface area (Å²) in [6.45, 7) is 2.28. The molecule has 0 bridgehead atoms. The molecule has 0 spiro atoms. The smallest absolute Gasteiger partial charge is 0.331 e. The molecule has 0 saturated heterocycles. The van der Waals surface area contributed by atoms with Crippen molar-refractivity contribution in [2.45, 2.75) is 38.1 Å². The summed E-state index contributed by atoms with van der Waals surface area (Å²) < 4.78 is 6.22. The van der Waals surface area contributed by atoms with Gasteiger partial charge in [-0.15, -0.1) is 0 Å². The summed E-state index contributed by atoms with van der Waals surface area (Å²) >= 11 is 3.44.